The Balaban J connectivity index is 1.97. The molecule has 0 unspecified atom stereocenters. The summed E-state index contributed by atoms with van der Waals surface area (Å²) < 4.78 is 0. The number of H-pyrrole nitrogens is 1. The first-order valence-corrected chi connectivity index (χ1v) is 6.69. The Bertz CT molecular complexity index is 391. The third kappa shape index (κ3) is 3.52. The normalized spacial score (nSPS) is 16.3. The molecule has 1 aromatic rings. The van der Waals surface area contributed by atoms with Crippen molar-refractivity contribution in [1.29, 1.82) is 0 Å². The quantitative estimate of drug-likeness (QED) is 0.784. The molecule has 0 aliphatic heterocycles. The first-order valence-electron chi connectivity index (χ1n) is 6.69. The number of rotatable bonds is 3. The Morgan fingerprint density at radius 3 is 3.00 bits per heavy atom. The molecule has 0 bridgehead atoms. The topological polar surface area (TPSA) is 40.7 Å². The summed E-state index contributed by atoms with van der Waals surface area (Å²) >= 11 is 0. The number of hydrogen-bond acceptors (Lipinski definition) is 2. The van der Waals surface area contributed by atoms with Crippen molar-refractivity contribution in [1.82, 2.24) is 10.2 Å². The molecule has 0 saturated heterocycles. The van der Waals surface area contributed by atoms with E-state index in [0.29, 0.717) is 5.92 Å². The second-order valence-corrected chi connectivity index (χ2v) is 4.69. The standard InChI is InChI=1S/C14H21N3/c1-2-10-15-14-13(11-16-17-14)9-8-12-6-4-3-5-7-12/h11-12H,2-7,10H2,1H3,(H2,15,16,17). The maximum atomic E-state index is 4.05. The van der Waals surface area contributed by atoms with Crippen LogP contribution in [0.1, 0.15) is 51.0 Å². The number of hydrogen-bond donors (Lipinski definition) is 2. The average Bonchev–Trinajstić information content (AvgIpc) is 2.82. The van der Waals surface area contributed by atoms with Gasteiger partial charge in [0.25, 0.3) is 0 Å². The van der Waals surface area contributed by atoms with Gasteiger partial charge in [0.2, 0.25) is 0 Å². The van der Waals surface area contributed by atoms with Gasteiger partial charge in [0.1, 0.15) is 5.82 Å². The summed E-state index contributed by atoms with van der Waals surface area (Å²) in [6, 6.07) is 0. The van der Waals surface area contributed by atoms with Gasteiger partial charge >= 0.3 is 0 Å². The lowest BCUT2D eigenvalue weighted by atomic mass is 9.90. The van der Waals surface area contributed by atoms with Crippen molar-refractivity contribution in [2.24, 2.45) is 5.92 Å². The first-order chi connectivity index (χ1) is 8.40. The van der Waals surface area contributed by atoms with Gasteiger partial charge in [-0.1, -0.05) is 38.0 Å². The van der Waals surface area contributed by atoms with E-state index in [0.717, 1.165) is 24.3 Å². The molecule has 1 saturated carbocycles. The van der Waals surface area contributed by atoms with E-state index < -0.39 is 0 Å². The van der Waals surface area contributed by atoms with Gasteiger partial charge in [-0.25, -0.2) is 0 Å². The van der Waals surface area contributed by atoms with Crippen molar-refractivity contribution in [2.45, 2.75) is 45.4 Å². The molecular weight excluding hydrogens is 210 g/mol. The molecule has 1 aromatic heterocycles. The van der Waals surface area contributed by atoms with Crippen LogP contribution in [-0.4, -0.2) is 16.7 Å². The predicted molar refractivity (Wildman–Crippen MR) is 70.8 cm³/mol. The van der Waals surface area contributed by atoms with Crippen LogP contribution in [0.3, 0.4) is 0 Å². The second-order valence-electron chi connectivity index (χ2n) is 4.69. The monoisotopic (exact) mass is 231 g/mol. The molecule has 0 radical (unpaired) electrons. The number of aromatic amines is 1. The zero-order chi connectivity index (χ0) is 11.9. The van der Waals surface area contributed by atoms with Gasteiger partial charge < -0.3 is 5.32 Å². The predicted octanol–water partition coefficient (Wildman–Crippen LogP) is 3.16. The molecule has 0 amide bonds. The fourth-order valence-corrected chi connectivity index (χ4v) is 2.19. The highest BCUT2D eigenvalue weighted by Crippen LogP contribution is 2.23. The molecule has 92 valence electrons. The third-order valence-electron chi connectivity index (χ3n) is 3.21. The van der Waals surface area contributed by atoms with Gasteiger partial charge in [-0.3, -0.25) is 5.10 Å². The van der Waals surface area contributed by atoms with Crippen LogP contribution in [0.25, 0.3) is 0 Å². The molecule has 2 N–H and O–H groups in total. The van der Waals surface area contributed by atoms with E-state index in [-0.39, 0.29) is 0 Å². The minimum absolute atomic E-state index is 0.595. The molecule has 3 nitrogen and oxygen atoms in total. The van der Waals surface area contributed by atoms with Gasteiger partial charge in [0, 0.05) is 12.5 Å². The van der Waals surface area contributed by atoms with E-state index in [1.54, 1.807) is 0 Å². The van der Waals surface area contributed by atoms with Crippen LogP contribution in [-0.2, 0) is 0 Å². The molecule has 1 fully saturated rings. The smallest absolute Gasteiger partial charge is 0.137 e. The largest absolute Gasteiger partial charge is 0.369 e. The van der Waals surface area contributed by atoms with Gasteiger partial charge in [-0.15, -0.1) is 0 Å². The van der Waals surface area contributed by atoms with Crippen LogP contribution in [0.5, 0.6) is 0 Å². The van der Waals surface area contributed by atoms with Gasteiger partial charge in [-0.2, -0.15) is 5.10 Å². The van der Waals surface area contributed by atoms with Crippen molar-refractivity contribution >= 4 is 5.82 Å². The Labute approximate surface area is 103 Å². The maximum absolute atomic E-state index is 4.05. The lowest BCUT2D eigenvalue weighted by Crippen LogP contribution is -2.03. The Hall–Kier alpha value is -1.43. The van der Waals surface area contributed by atoms with Crippen molar-refractivity contribution < 1.29 is 0 Å². The van der Waals surface area contributed by atoms with Gasteiger partial charge in [-0.05, 0) is 19.3 Å². The SMILES string of the molecule is CCCNc1[nH]ncc1C#CC1CCCCC1. The molecule has 3 heteroatoms. The molecular formula is C14H21N3. The van der Waals surface area contributed by atoms with Crippen LogP contribution in [0.15, 0.2) is 6.20 Å². The summed E-state index contributed by atoms with van der Waals surface area (Å²) in [6.45, 7) is 3.11. The third-order valence-corrected chi connectivity index (χ3v) is 3.21. The van der Waals surface area contributed by atoms with Crippen molar-refractivity contribution in [3.63, 3.8) is 0 Å². The number of anilines is 1. The van der Waals surface area contributed by atoms with Crippen LogP contribution >= 0.6 is 0 Å². The lowest BCUT2D eigenvalue weighted by molar-refractivity contribution is 0.430. The minimum atomic E-state index is 0.595. The zero-order valence-electron chi connectivity index (χ0n) is 10.6. The minimum Gasteiger partial charge on any atom is -0.369 e. The molecule has 1 aliphatic carbocycles. The van der Waals surface area contributed by atoms with E-state index in [9.17, 15) is 0 Å². The van der Waals surface area contributed by atoms with Gasteiger partial charge in [0.05, 0.1) is 11.8 Å². The summed E-state index contributed by atoms with van der Waals surface area (Å²) in [5.41, 5.74) is 1.00. The fraction of sp³-hybridized carbons (Fsp3) is 0.643. The van der Waals surface area contributed by atoms with E-state index in [2.05, 4.69) is 34.3 Å². The van der Waals surface area contributed by atoms with Crippen LogP contribution in [0.4, 0.5) is 5.82 Å². The lowest BCUT2D eigenvalue weighted by Gasteiger charge is -2.15. The van der Waals surface area contributed by atoms with Gasteiger partial charge in [0.15, 0.2) is 0 Å². The van der Waals surface area contributed by atoms with Crippen molar-refractivity contribution in [3.8, 4) is 11.8 Å². The summed E-state index contributed by atoms with van der Waals surface area (Å²) in [5, 5.41) is 10.3. The molecule has 0 atom stereocenters. The Morgan fingerprint density at radius 1 is 1.41 bits per heavy atom. The summed E-state index contributed by atoms with van der Waals surface area (Å²) in [4.78, 5) is 0. The van der Waals surface area contributed by atoms with E-state index in [1.165, 1.54) is 32.1 Å². The first kappa shape index (κ1) is 12.0. The van der Waals surface area contributed by atoms with Crippen molar-refractivity contribution in [2.75, 3.05) is 11.9 Å². The maximum Gasteiger partial charge on any atom is 0.137 e. The number of nitrogens with one attached hydrogen (secondary N) is 2. The van der Waals surface area contributed by atoms with Crippen LogP contribution in [0.2, 0.25) is 0 Å². The zero-order valence-corrected chi connectivity index (χ0v) is 10.6. The second kappa shape index (κ2) is 6.34. The molecule has 1 aliphatic rings. The average molecular weight is 231 g/mol. The fourth-order valence-electron chi connectivity index (χ4n) is 2.19. The van der Waals surface area contributed by atoms with Crippen LogP contribution < -0.4 is 5.32 Å². The molecule has 0 aromatic carbocycles. The summed E-state index contributed by atoms with van der Waals surface area (Å²) in [7, 11) is 0. The highest BCUT2D eigenvalue weighted by Gasteiger charge is 2.10. The van der Waals surface area contributed by atoms with Crippen LogP contribution in [0, 0.1) is 17.8 Å². The Kier molecular flexibility index (Phi) is 4.49. The highest BCUT2D eigenvalue weighted by atomic mass is 15.2. The number of nitrogens with zero attached hydrogens (tertiary/aromatic N) is 1. The van der Waals surface area contributed by atoms with E-state index >= 15 is 0 Å². The summed E-state index contributed by atoms with van der Waals surface area (Å²) in [6.07, 6.45) is 9.51. The molecule has 2 rings (SSSR count). The molecule has 0 spiro atoms. The van der Waals surface area contributed by atoms with E-state index in [1.807, 2.05) is 6.20 Å². The summed E-state index contributed by atoms with van der Waals surface area (Å²) in [5.74, 6) is 8.22. The molecule has 1 heterocycles. The highest BCUT2D eigenvalue weighted by molar-refractivity contribution is 5.52. The molecule has 17 heavy (non-hydrogen) atoms. The van der Waals surface area contributed by atoms with Crippen molar-refractivity contribution in [3.05, 3.63) is 11.8 Å². The number of aromatic nitrogens is 2. The van der Waals surface area contributed by atoms with E-state index in [4.69, 9.17) is 0 Å². The Morgan fingerprint density at radius 2 is 2.24 bits per heavy atom.